The molecule has 140 valence electrons. The number of carboxylic acids is 1. The highest BCUT2D eigenvalue weighted by Gasteiger charge is 2.70. The average molecular weight is 380 g/mol. The number of hydrogen-bond acceptors (Lipinski definition) is 6. The second-order valence-corrected chi connectivity index (χ2v) is 8.36. The minimum Gasteiger partial charge on any atom is -0.496 e. The summed E-state index contributed by atoms with van der Waals surface area (Å²) in [5, 5.41) is 12.3. The minimum atomic E-state index is -1.86. The van der Waals surface area contributed by atoms with Crippen LogP contribution in [-0.4, -0.2) is 57.8 Å². The molecule has 2 fully saturated rings. The highest BCUT2D eigenvalue weighted by molar-refractivity contribution is 8.01. The van der Waals surface area contributed by atoms with Crippen LogP contribution in [0.15, 0.2) is 18.2 Å². The summed E-state index contributed by atoms with van der Waals surface area (Å²) in [7, 11) is 2.81. The van der Waals surface area contributed by atoms with Gasteiger partial charge in [0.1, 0.15) is 17.1 Å². The molecule has 0 aliphatic carbocycles. The van der Waals surface area contributed by atoms with Crippen LogP contribution in [0.2, 0.25) is 0 Å². The van der Waals surface area contributed by atoms with Gasteiger partial charge < -0.3 is 19.9 Å². The van der Waals surface area contributed by atoms with Crippen molar-refractivity contribution in [2.45, 2.75) is 36.1 Å². The molecule has 0 unspecified atom stereocenters. The van der Waals surface area contributed by atoms with E-state index < -0.39 is 22.3 Å². The quantitative estimate of drug-likeness (QED) is 0.742. The molecule has 2 heterocycles. The number of carbonyl (C=O) groups is 3. The van der Waals surface area contributed by atoms with Crippen molar-refractivity contribution in [1.29, 1.82) is 0 Å². The third kappa shape index (κ3) is 2.33. The zero-order valence-corrected chi connectivity index (χ0v) is 15.7. The van der Waals surface area contributed by atoms with Crippen LogP contribution in [0, 0.1) is 0 Å². The zero-order chi connectivity index (χ0) is 19.3. The summed E-state index contributed by atoms with van der Waals surface area (Å²) in [5.41, 5.74) is -1.78. The van der Waals surface area contributed by atoms with Crippen molar-refractivity contribution in [3.05, 3.63) is 23.8 Å². The number of aliphatic carboxylic acids is 1. The Kier molecular flexibility index (Phi) is 4.30. The Bertz CT molecular complexity index is 773. The van der Waals surface area contributed by atoms with Gasteiger partial charge in [0.15, 0.2) is 0 Å². The number of nitrogens with one attached hydrogen (secondary N) is 1. The van der Waals surface area contributed by atoms with Gasteiger partial charge in [0.25, 0.3) is 5.91 Å². The summed E-state index contributed by atoms with van der Waals surface area (Å²) < 4.78 is 9.53. The summed E-state index contributed by atoms with van der Waals surface area (Å²) in [6.07, 6.45) is 0.261. The predicted octanol–water partition coefficient (Wildman–Crippen LogP) is 1.30. The summed E-state index contributed by atoms with van der Waals surface area (Å²) in [6, 6.07) is 4.82. The number of β-lactam (4-membered cyclic amide) rings is 1. The maximum atomic E-state index is 13.1. The van der Waals surface area contributed by atoms with Gasteiger partial charge in [-0.1, -0.05) is 6.07 Å². The van der Waals surface area contributed by atoms with Gasteiger partial charge in [-0.2, -0.15) is 0 Å². The molecule has 2 aliphatic rings. The third-order valence-corrected chi connectivity index (χ3v) is 6.36. The minimum absolute atomic E-state index is 0.0790. The summed E-state index contributed by atoms with van der Waals surface area (Å²) >= 11 is 1.36. The number of carboxylic acid groups (broad SMARTS) is 1. The van der Waals surface area contributed by atoms with Crippen LogP contribution in [0.3, 0.4) is 0 Å². The molecular formula is C17H20N2O6S. The van der Waals surface area contributed by atoms with Crippen molar-refractivity contribution >= 4 is 29.5 Å². The van der Waals surface area contributed by atoms with E-state index in [1.165, 1.54) is 30.9 Å². The Morgan fingerprint density at radius 3 is 2.31 bits per heavy atom. The molecule has 0 saturated carbocycles. The summed E-state index contributed by atoms with van der Waals surface area (Å²) in [6.45, 7) is 3.41. The van der Waals surface area contributed by atoms with Crippen LogP contribution in [0.25, 0.3) is 0 Å². The van der Waals surface area contributed by atoms with Gasteiger partial charge in [0.05, 0.1) is 30.8 Å². The van der Waals surface area contributed by atoms with Crippen molar-refractivity contribution < 1.29 is 29.0 Å². The first-order chi connectivity index (χ1) is 12.2. The average Bonchev–Trinajstić information content (AvgIpc) is 2.76. The summed E-state index contributed by atoms with van der Waals surface area (Å²) in [4.78, 5) is 38.7. The number of methoxy groups -OCH3 is 2. The van der Waals surface area contributed by atoms with E-state index in [0.717, 1.165) is 0 Å². The Hall–Kier alpha value is -2.42. The van der Waals surface area contributed by atoms with Gasteiger partial charge in [-0.15, -0.1) is 11.8 Å². The van der Waals surface area contributed by atoms with Crippen LogP contribution >= 0.6 is 11.8 Å². The largest absolute Gasteiger partial charge is 0.496 e. The van der Waals surface area contributed by atoms with E-state index in [1.807, 2.05) is 0 Å². The molecule has 0 spiro atoms. The maximum Gasteiger partial charge on any atom is 0.352 e. The molecule has 2 atom stereocenters. The van der Waals surface area contributed by atoms with Crippen molar-refractivity contribution in [1.82, 2.24) is 10.2 Å². The van der Waals surface area contributed by atoms with E-state index in [9.17, 15) is 19.5 Å². The van der Waals surface area contributed by atoms with Crippen LogP contribution in [0.4, 0.5) is 0 Å². The van der Waals surface area contributed by atoms with Crippen molar-refractivity contribution in [2.75, 3.05) is 14.2 Å². The molecule has 2 aliphatic heterocycles. The van der Waals surface area contributed by atoms with Crippen molar-refractivity contribution in [3.8, 4) is 11.5 Å². The highest BCUT2D eigenvalue weighted by atomic mass is 32.2. The summed E-state index contributed by atoms with van der Waals surface area (Å²) in [5.74, 6) is -1.78. The van der Waals surface area contributed by atoms with Crippen LogP contribution < -0.4 is 14.8 Å². The second-order valence-electron chi connectivity index (χ2n) is 6.56. The molecular weight excluding hydrogens is 360 g/mol. The van der Waals surface area contributed by atoms with E-state index in [1.54, 1.807) is 32.0 Å². The molecule has 0 radical (unpaired) electrons. The Morgan fingerprint density at radius 1 is 1.27 bits per heavy atom. The lowest BCUT2D eigenvalue weighted by molar-refractivity contribution is -0.170. The lowest BCUT2D eigenvalue weighted by Gasteiger charge is -2.46. The molecule has 0 bridgehead atoms. The fourth-order valence-electron chi connectivity index (χ4n) is 3.53. The van der Waals surface area contributed by atoms with Gasteiger partial charge in [0.2, 0.25) is 11.6 Å². The maximum absolute atomic E-state index is 13.1. The molecule has 2 saturated heterocycles. The van der Waals surface area contributed by atoms with Crippen LogP contribution in [-0.2, 0) is 9.59 Å². The van der Waals surface area contributed by atoms with E-state index in [-0.39, 0.29) is 34.8 Å². The van der Waals surface area contributed by atoms with Crippen LogP contribution in [0.1, 0.15) is 30.6 Å². The molecule has 9 heteroatoms. The lowest BCUT2D eigenvalue weighted by Crippen LogP contribution is -2.75. The molecule has 2 N–H and O–H groups in total. The molecule has 2 amide bonds. The van der Waals surface area contributed by atoms with E-state index >= 15 is 0 Å². The monoisotopic (exact) mass is 380 g/mol. The number of ether oxygens (including phenoxy) is 2. The Balaban J connectivity index is 2.07. The zero-order valence-electron chi connectivity index (χ0n) is 14.9. The Morgan fingerprint density at radius 2 is 1.85 bits per heavy atom. The number of thioether (sulfide) groups is 1. The van der Waals surface area contributed by atoms with E-state index in [0.29, 0.717) is 0 Å². The number of rotatable bonds is 5. The van der Waals surface area contributed by atoms with Crippen LogP contribution in [0.5, 0.6) is 11.5 Å². The highest BCUT2D eigenvalue weighted by Crippen LogP contribution is 2.55. The molecule has 1 aromatic carbocycles. The standard InChI is InChI=1S/C17H20N2O6S/c1-16(2)17(15(22)23,19-11(20)8-12(19)26-16)18-14(21)13-9(24-3)6-5-7-10(13)25-4/h5-7,12H,8H2,1-4H3,(H,18,21)(H,22,23)/t12-,17+/m1/s1. The van der Waals surface area contributed by atoms with Gasteiger partial charge in [-0.3, -0.25) is 14.5 Å². The topological polar surface area (TPSA) is 105 Å². The normalized spacial score (nSPS) is 25.9. The van der Waals surface area contributed by atoms with Gasteiger partial charge in [0, 0.05) is 0 Å². The van der Waals surface area contributed by atoms with Crippen molar-refractivity contribution in [3.63, 3.8) is 0 Å². The number of hydrogen-bond donors (Lipinski definition) is 2. The smallest absolute Gasteiger partial charge is 0.352 e. The van der Waals surface area contributed by atoms with Gasteiger partial charge in [-0.25, -0.2) is 4.79 Å². The number of fused-ring (bicyclic) bond motifs is 1. The predicted molar refractivity (Wildman–Crippen MR) is 94.3 cm³/mol. The lowest BCUT2D eigenvalue weighted by atomic mass is 9.89. The van der Waals surface area contributed by atoms with E-state index in [2.05, 4.69) is 5.32 Å². The molecule has 8 nitrogen and oxygen atoms in total. The number of benzene rings is 1. The first-order valence-corrected chi connectivity index (χ1v) is 8.84. The second kappa shape index (κ2) is 6.08. The number of carbonyl (C=O) groups excluding carboxylic acids is 2. The first kappa shape index (κ1) is 18.4. The molecule has 26 heavy (non-hydrogen) atoms. The first-order valence-electron chi connectivity index (χ1n) is 7.96. The third-order valence-electron chi connectivity index (χ3n) is 4.83. The fraction of sp³-hybridized carbons (Fsp3) is 0.471. The number of amides is 2. The number of nitrogens with zero attached hydrogens (tertiary/aromatic N) is 1. The molecule has 3 rings (SSSR count). The SMILES string of the molecule is COc1cccc(OC)c1C(=O)N[C@@]1(C(=O)O)N2C(=O)C[C@H]2SC1(C)C. The molecule has 0 aromatic heterocycles. The van der Waals surface area contributed by atoms with Gasteiger partial charge >= 0.3 is 5.97 Å². The van der Waals surface area contributed by atoms with Gasteiger partial charge in [-0.05, 0) is 26.0 Å². The Labute approximate surface area is 154 Å². The fourth-order valence-corrected chi connectivity index (χ4v) is 5.22. The van der Waals surface area contributed by atoms with E-state index in [4.69, 9.17) is 9.47 Å². The molecule has 1 aromatic rings. The van der Waals surface area contributed by atoms with Crippen molar-refractivity contribution in [2.24, 2.45) is 0 Å².